The summed E-state index contributed by atoms with van der Waals surface area (Å²) < 4.78 is 0. The molecule has 0 saturated heterocycles. The first-order valence-electron chi connectivity index (χ1n) is 4.70. The predicted octanol–water partition coefficient (Wildman–Crippen LogP) is 1.24. The highest BCUT2D eigenvalue weighted by Crippen LogP contribution is 2.45. The molecule has 1 aromatic rings. The number of amides is 1. The SMILES string of the molecule is N#Cc1cc(C(N)=O)c(O)c(C2CC2)c1. The molecule has 0 aliphatic heterocycles. The van der Waals surface area contributed by atoms with Gasteiger partial charge in [0.1, 0.15) is 5.75 Å². The number of nitrogens with two attached hydrogens (primary N) is 1. The molecule has 3 N–H and O–H groups in total. The van der Waals surface area contributed by atoms with Crippen LogP contribution in [-0.2, 0) is 0 Å². The second kappa shape index (κ2) is 3.28. The number of primary amides is 1. The predicted molar refractivity (Wildman–Crippen MR) is 53.3 cm³/mol. The van der Waals surface area contributed by atoms with Gasteiger partial charge in [-0.25, -0.2) is 0 Å². The molecular weight excluding hydrogens is 192 g/mol. The highest BCUT2D eigenvalue weighted by molar-refractivity contribution is 5.96. The summed E-state index contributed by atoms with van der Waals surface area (Å²) in [6.45, 7) is 0. The molecule has 0 spiro atoms. The zero-order valence-corrected chi connectivity index (χ0v) is 8.03. The van der Waals surface area contributed by atoms with Crippen LogP contribution in [0.1, 0.15) is 40.2 Å². The maximum atomic E-state index is 11.0. The van der Waals surface area contributed by atoms with Gasteiger partial charge in [-0.2, -0.15) is 5.26 Å². The molecule has 0 aromatic heterocycles. The number of aromatic hydroxyl groups is 1. The maximum absolute atomic E-state index is 11.0. The van der Waals surface area contributed by atoms with Crippen molar-refractivity contribution in [2.45, 2.75) is 18.8 Å². The summed E-state index contributed by atoms with van der Waals surface area (Å²) in [5.74, 6) is -0.494. The van der Waals surface area contributed by atoms with E-state index in [1.165, 1.54) is 6.07 Å². The standard InChI is InChI=1S/C11H10N2O2/c12-5-6-3-8(7-1-2-7)10(14)9(4-6)11(13)15/h3-4,7,14H,1-2H2,(H2,13,15). The van der Waals surface area contributed by atoms with Gasteiger partial charge in [-0.3, -0.25) is 4.79 Å². The van der Waals surface area contributed by atoms with Crippen molar-refractivity contribution < 1.29 is 9.90 Å². The van der Waals surface area contributed by atoms with E-state index in [0.29, 0.717) is 11.1 Å². The van der Waals surface area contributed by atoms with E-state index in [-0.39, 0.29) is 17.2 Å². The molecule has 4 heteroatoms. The minimum atomic E-state index is -0.702. The van der Waals surface area contributed by atoms with Gasteiger partial charge in [0.2, 0.25) is 0 Å². The second-order valence-electron chi connectivity index (χ2n) is 3.71. The lowest BCUT2D eigenvalue weighted by atomic mass is 10.0. The third-order valence-corrected chi connectivity index (χ3v) is 2.55. The van der Waals surface area contributed by atoms with Crippen molar-refractivity contribution in [3.05, 3.63) is 28.8 Å². The quantitative estimate of drug-likeness (QED) is 0.756. The molecule has 1 amide bonds. The van der Waals surface area contributed by atoms with Crippen LogP contribution < -0.4 is 5.73 Å². The van der Waals surface area contributed by atoms with Gasteiger partial charge in [-0.15, -0.1) is 0 Å². The summed E-state index contributed by atoms with van der Waals surface area (Å²) >= 11 is 0. The Morgan fingerprint density at radius 3 is 2.67 bits per heavy atom. The average Bonchev–Trinajstić information content (AvgIpc) is 3.01. The monoisotopic (exact) mass is 202 g/mol. The number of nitriles is 1. The van der Waals surface area contributed by atoms with E-state index in [0.717, 1.165) is 12.8 Å². The number of nitrogens with zero attached hydrogens (tertiary/aromatic N) is 1. The summed E-state index contributed by atoms with van der Waals surface area (Å²) in [5.41, 5.74) is 6.19. The Bertz CT molecular complexity index is 470. The summed E-state index contributed by atoms with van der Waals surface area (Å²) in [5, 5.41) is 18.6. The van der Waals surface area contributed by atoms with Crippen molar-refractivity contribution >= 4 is 5.91 Å². The van der Waals surface area contributed by atoms with Gasteiger partial charge in [0.25, 0.3) is 5.91 Å². The summed E-state index contributed by atoms with van der Waals surface area (Å²) in [6.07, 6.45) is 1.97. The molecule has 0 unspecified atom stereocenters. The fourth-order valence-corrected chi connectivity index (χ4v) is 1.61. The smallest absolute Gasteiger partial charge is 0.252 e. The number of hydrogen-bond donors (Lipinski definition) is 2. The van der Waals surface area contributed by atoms with E-state index in [4.69, 9.17) is 11.0 Å². The second-order valence-corrected chi connectivity index (χ2v) is 3.71. The lowest BCUT2D eigenvalue weighted by Crippen LogP contribution is -2.12. The lowest BCUT2D eigenvalue weighted by Gasteiger charge is -2.07. The maximum Gasteiger partial charge on any atom is 0.252 e. The number of hydrogen-bond acceptors (Lipinski definition) is 3. The molecule has 4 nitrogen and oxygen atoms in total. The Kier molecular flexibility index (Phi) is 2.09. The van der Waals surface area contributed by atoms with Crippen LogP contribution in [0, 0.1) is 11.3 Å². The number of rotatable bonds is 2. The molecule has 2 rings (SSSR count). The molecule has 1 aromatic carbocycles. The van der Waals surface area contributed by atoms with E-state index in [1.54, 1.807) is 6.07 Å². The van der Waals surface area contributed by atoms with E-state index >= 15 is 0 Å². The zero-order chi connectivity index (χ0) is 11.0. The van der Waals surface area contributed by atoms with E-state index in [2.05, 4.69) is 0 Å². The molecule has 0 heterocycles. The first-order chi connectivity index (χ1) is 7.13. The molecular formula is C11H10N2O2. The van der Waals surface area contributed by atoms with Crippen LogP contribution in [-0.4, -0.2) is 11.0 Å². The highest BCUT2D eigenvalue weighted by atomic mass is 16.3. The van der Waals surface area contributed by atoms with Crippen LogP contribution in [0.25, 0.3) is 0 Å². The Morgan fingerprint density at radius 1 is 1.53 bits per heavy atom. The zero-order valence-electron chi connectivity index (χ0n) is 8.03. The topological polar surface area (TPSA) is 87.1 Å². The van der Waals surface area contributed by atoms with Crippen molar-refractivity contribution in [1.29, 1.82) is 5.26 Å². The number of carbonyl (C=O) groups excluding carboxylic acids is 1. The van der Waals surface area contributed by atoms with Crippen molar-refractivity contribution in [3.63, 3.8) is 0 Å². The first-order valence-corrected chi connectivity index (χ1v) is 4.70. The van der Waals surface area contributed by atoms with Crippen molar-refractivity contribution in [3.8, 4) is 11.8 Å². The van der Waals surface area contributed by atoms with Crippen LogP contribution in [0.4, 0.5) is 0 Å². The number of phenols is 1. The average molecular weight is 202 g/mol. The molecule has 15 heavy (non-hydrogen) atoms. The van der Waals surface area contributed by atoms with Crippen molar-refractivity contribution in [1.82, 2.24) is 0 Å². The minimum absolute atomic E-state index is 0.0379. The molecule has 0 radical (unpaired) electrons. The van der Waals surface area contributed by atoms with Gasteiger partial charge >= 0.3 is 0 Å². The van der Waals surface area contributed by atoms with E-state index in [9.17, 15) is 9.90 Å². The number of benzene rings is 1. The van der Waals surface area contributed by atoms with Gasteiger partial charge in [0, 0.05) is 0 Å². The van der Waals surface area contributed by atoms with Crippen LogP contribution >= 0.6 is 0 Å². The largest absolute Gasteiger partial charge is 0.507 e. The Morgan fingerprint density at radius 2 is 2.20 bits per heavy atom. The van der Waals surface area contributed by atoms with Gasteiger partial charge in [0.05, 0.1) is 17.2 Å². The van der Waals surface area contributed by atoms with Crippen LogP contribution in [0.3, 0.4) is 0 Å². The third kappa shape index (κ3) is 1.64. The number of carbonyl (C=O) groups is 1. The van der Waals surface area contributed by atoms with E-state index in [1.807, 2.05) is 6.07 Å². The Balaban J connectivity index is 2.60. The molecule has 0 atom stereocenters. The summed E-state index contributed by atoms with van der Waals surface area (Å²) in [6, 6.07) is 4.90. The molecule has 1 saturated carbocycles. The van der Waals surface area contributed by atoms with Gasteiger partial charge in [-0.05, 0) is 36.5 Å². The van der Waals surface area contributed by atoms with E-state index < -0.39 is 5.91 Å². The first kappa shape index (κ1) is 9.53. The molecule has 76 valence electrons. The summed E-state index contributed by atoms with van der Waals surface area (Å²) in [7, 11) is 0. The van der Waals surface area contributed by atoms with Gasteiger partial charge in [0.15, 0.2) is 0 Å². The fraction of sp³-hybridized carbons (Fsp3) is 0.273. The van der Waals surface area contributed by atoms with Crippen LogP contribution in [0.5, 0.6) is 5.75 Å². The van der Waals surface area contributed by atoms with Gasteiger partial charge in [-0.1, -0.05) is 0 Å². The lowest BCUT2D eigenvalue weighted by molar-refractivity contribution is 0.0997. The van der Waals surface area contributed by atoms with Crippen molar-refractivity contribution in [2.75, 3.05) is 0 Å². The fourth-order valence-electron chi connectivity index (χ4n) is 1.61. The molecule has 1 fully saturated rings. The third-order valence-electron chi connectivity index (χ3n) is 2.55. The molecule has 1 aliphatic rings. The van der Waals surface area contributed by atoms with Gasteiger partial charge < -0.3 is 10.8 Å². The Hall–Kier alpha value is -2.02. The minimum Gasteiger partial charge on any atom is -0.507 e. The highest BCUT2D eigenvalue weighted by Gasteiger charge is 2.28. The molecule has 0 bridgehead atoms. The summed E-state index contributed by atoms with van der Waals surface area (Å²) in [4.78, 5) is 11.0. The van der Waals surface area contributed by atoms with Crippen LogP contribution in [0.2, 0.25) is 0 Å². The Labute approximate surface area is 86.9 Å². The van der Waals surface area contributed by atoms with Crippen LogP contribution in [0.15, 0.2) is 12.1 Å². The van der Waals surface area contributed by atoms with Crippen molar-refractivity contribution in [2.24, 2.45) is 5.73 Å². The molecule has 1 aliphatic carbocycles. The normalized spacial score (nSPS) is 14.6.